The predicted molar refractivity (Wildman–Crippen MR) is 123 cm³/mol. The van der Waals surface area contributed by atoms with Crippen molar-refractivity contribution in [2.45, 2.75) is 33.2 Å². The highest BCUT2D eigenvalue weighted by Gasteiger charge is 2.28. The van der Waals surface area contributed by atoms with Crippen molar-refractivity contribution in [3.8, 4) is 5.75 Å². The highest BCUT2D eigenvalue weighted by atomic mass is 16.5. The molecule has 1 aromatic heterocycles. The van der Waals surface area contributed by atoms with Gasteiger partial charge in [-0.1, -0.05) is 20.8 Å². The van der Waals surface area contributed by atoms with Crippen LogP contribution < -0.4 is 20.7 Å². The summed E-state index contributed by atoms with van der Waals surface area (Å²) in [6, 6.07) is 5.57. The average molecular weight is 431 g/mol. The van der Waals surface area contributed by atoms with Gasteiger partial charge in [0.1, 0.15) is 18.2 Å². The zero-order chi connectivity index (χ0) is 22.6. The fourth-order valence-electron chi connectivity index (χ4n) is 3.56. The number of hydrogen-bond acceptors (Lipinski definition) is 8. The van der Waals surface area contributed by atoms with Gasteiger partial charge < -0.3 is 30.3 Å². The van der Waals surface area contributed by atoms with E-state index in [1.807, 2.05) is 18.2 Å². The molecule has 3 rings (SSSR count). The summed E-state index contributed by atoms with van der Waals surface area (Å²) in [7, 11) is 3.78. The van der Waals surface area contributed by atoms with E-state index >= 15 is 0 Å². The molecule has 31 heavy (non-hydrogen) atoms. The van der Waals surface area contributed by atoms with Crippen LogP contribution in [0.3, 0.4) is 0 Å². The number of nitrogens with two attached hydrogens (primary N) is 1. The Morgan fingerprint density at radius 1 is 1.23 bits per heavy atom. The quantitative estimate of drug-likeness (QED) is 0.721. The van der Waals surface area contributed by atoms with Gasteiger partial charge in [0, 0.05) is 31.1 Å². The normalized spacial score (nSPS) is 16.6. The van der Waals surface area contributed by atoms with Crippen molar-refractivity contribution >= 4 is 28.8 Å². The Morgan fingerprint density at radius 2 is 2.00 bits per heavy atom. The summed E-state index contributed by atoms with van der Waals surface area (Å²) >= 11 is 0. The summed E-state index contributed by atoms with van der Waals surface area (Å²) < 4.78 is 10.5. The summed E-state index contributed by atoms with van der Waals surface area (Å²) in [5.74, 6) is 2.12. The summed E-state index contributed by atoms with van der Waals surface area (Å²) in [5, 5.41) is 4.38. The average Bonchev–Trinajstić information content (AvgIpc) is 2.93. The SMILES string of the molecule is COc1ccc2c(NC(COC(N)=O)C(C)(C)C)nc(N3CCCN(C)CC3)nc2c1. The van der Waals surface area contributed by atoms with Gasteiger partial charge in [0.25, 0.3) is 0 Å². The van der Waals surface area contributed by atoms with Gasteiger partial charge in [-0.3, -0.25) is 0 Å². The highest BCUT2D eigenvalue weighted by molar-refractivity contribution is 5.91. The number of amides is 1. The fourth-order valence-corrected chi connectivity index (χ4v) is 3.56. The zero-order valence-corrected chi connectivity index (χ0v) is 19.1. The molecule has 170 valence electrons. The number of ether oxygens (including phenoxy) is 2. The Kier molecular flexibility index (Phi) is 7.04. The van der Waals surface area contributed by atoms with Crippen LogP contribution in [-0.4, -0.2) is 73.9 Å². The van der Waals surface area contributed by atoms with E-state index < -0.39 is 6.09 Å². The van der Waals surface area contributed by atoms with Crippen LogP contribution in [0, 0.1) is 5.41 Å². The molecular formula is C22H34N6O3. The van der Waals surface area contributed by atoms with Crippen LogP contribution >= 0.6 is 0 Å². The van der Waals surface area contributed by atoms with Crippen molar-refractivity contribution in [2.75, 3.05) is 57.2 Å². The Labute approximate surface area is 183 Å². The maximum Gasteiger partial charge on any atom is 0.404 e. The number of carbonyl (C=O) groups is 1. The maximum atomic E-state index is 11.2. The molecule has 1 unspecified atom stereocenters. The van der Waals surface area contributed by atoms with Crippen LogP contribution in [0.15, 0.2) is 18.2 Å². The summed E-state index contributed by atoms with van der Waals surface area (Å²) in [6.07, 6.45) is 0.262. The molecule has 1 saturated heterocycles. The zero-order valence-electron chi connectivity index (χ0n) is 19.1. The molecule has 0 bridgehead atoms. The third kappa shape index (κ3) is 5.88. The molecule has 1 aromatic carbocycles. The van der Waals surface area contributed by atoms with Crippen molar-refractivity contribution in [3.05, 3.63) is 18.2 Å². The van der Waals surface area contributed by atoms with Crippen molar-refractivity contribution in [3.63, 3.8) is 0 Å². The molecule has 3 N–H and O–H groups in total. The van der Waals surface area contributed by atoms with E-state index in [0.717, 1.165) is 49.3 Å². The fraction of sp³-hybridized carbons (Fsp3) is 0.591. The van der Waals surface area contributed by atoms with Crippen molar-refractivity contribution in [1.29, 1.82) is 0 Å². The molecule has 1 aliphatic rings. The molecule has 0 radical (unpaired) electrons. The number of primary amides is 1. The Morgan fingerprint density at radius 3 is 2.68 bits per heavy atom. The molecule has 9 nitrogen and oxygen atoms in total. The number of anilines is 2. The minimum absolute atomic E-state index is 0.143. The van der Waals surface area contributed by atoms with Gasteiger partial charge in [-0.25, -0.2) is 9.78 Å². The summed E-state index contributed by atoms with van der Waals surface area (Å²) in [4.78, 5) is 25.5. The van der Waals surface area contributed by atoms with Gasteiger partial charge in [0.2, 0.25) is 5.95 Å². The number of likely N-dealkylation sites (N-methyl/N-ethyl adjacent to an activating group) is 1. The van der Waals surface area contributed by atoms with Gasteiger partial charge in [0.05, 0.1) is 18.7 Å². The topological polar surface area (TPSA) is 106 Å². The third-order valence-electron chi connectivity index (χ3n) is 5.64. The van der Waals surface area contributed by atoms with E-state index in [9.17, 15) is 4.79 Å². The van der Waals surface area contributed by atoms with Crippen LogP contribution in [0.4, 0.5) is 16.6 Å². The van der Waals surface area contributed by atoms with E-state index in [2.05, 4.69) is 42.9 Å². The highest BCUT2D eigenvalue weighted by Crippen LogP contribution is 2.30. The lowest BCUT2D eigenvalue weighted by molar-refractivity contribution is 0.132. The first-order valence-corrected chi connectivity index (χ1v) is 10.7. The smallest absolute Gasteiger partial charge is 0.404 e. The van der Waals surface area contributed by atoms with E-state index in [1.54, 1.807) is 7.11 Å². The van der Waals surface area contributed by atoms with Crippen LogP contribution in [-0.2, 0) is 4.74 Å². The van der Waals surface area contributed by atoms with E-state index in [-0.39, 0.29) is 18.1 Å². The number of carbonyl (C=O) groups excluding carboxylic acids is 1. The lowest BCUT2D eigenvalue weighted by Crippen LogP contribution is -2.40. The molecule has 0 spiro atoms. The first kappa shape index (κ1) is 22.9. The lowest BCUT2D eigenvalue weighted by atomic mass is 9.87. The molecule has 0 saturated carbocycles. The number of fused-ring (bicyclic) bond motifs is 1. The molecule has 1 amide bonds. The van der Waals surface area contributed by atoms with Gasteiger partial charge in [0.15, 0.2) is 0 Å². The number of hydrogen-bond donors (Lipinski definition) is 2. The molecule has 2 aromatic rings. The number of aromatic nitrogens is 2. The standard InChI is InChI=1S/C22H34N6O3/c1-22(2,3)18(14-31-20(23)29)25-19-16-8-7-15(30-5)13-17(16)24-21(26-19)28-10-6-9-27(4)11-12-28/h7-8,13,18H,6,9-12,14H2,1-5H3,(H2,23,29)(H,24,25,26). The number of rotatable bonds is 6. The first-order valence-electron chi connectivity index (χ1n) is 10.7. The largest absolute Gasteiger partial charge is 0.497 e. The second-order valence-corrected chi connectivity index (χ2v) is 9.09. The third-order valence-corrected chi connectivity index (χ3v) is 5.64. The molecule has 1 aliphatic heterocycles. The summed E-state index contributed by atoms with van der Waals surface area (Å²) in [6.45, 7) is 10.1. The van der Waals surface area contributed by atoms with Gasteiger partial charge in [-0.15, -0.1) is 0 Å². The molecule has 1 atom stereocenters. The lowest BCUT2D eigenvalue weighted by Gasteiger charge is -2.32. The molecule has 0 aliphatic carbocycles. The number of nitrogens with one attached hydrogen (secondary N) is 1. The van der Waals surface area contributed by atoms with Crippen LogP contribution in [0.25, 0.3) is 10.9 Å². The first-order chi connectivity index (χ1) is 14.7. The number of methoxy groups -OCH3 is 1. The molecule has 1 fully saturated rings. The van der Waals surface area contributed by atoms with E-state index in [4.69, 9.17) is 25.2 Å². The predicted octanol–water partition coefficient (Wildman–Crippen LogP) is 2.70. The molecule has 2 heterocycles. The molecule has 9 heteroatoms. The Hall–Kier alpha value is -2.81. The van der Waals surface area contributed by atoms with Crippen LogP contribution in [0.1, 0.15) is 27.2 Å². The molecular weight excluding hydrogens is 396 g/mol. The van der Waals surface area contributed by atoms with E-state index in [0.29, 0.717) is 11.8 Å². The van der Waals surface area contributed by atoms with Crippen molar-refractivity contribution in [2.24, 2.45) is 11.1 Å². The number of nitrogens with zero attached hydrogens (tertiary/aromatic N) is 4. The van der Waals surface area contributed by atoms with Crippen LogP contribution in [0.2, 0.25) is 0 Å². The second-order valence-electron chi connectivity index (χ2n) is 9.09. The second kappa shape index (κ2) is 9.55. The van der Waals surface area contributed by atoms with Crippen LogP contribution in [0.5, 0.6) is 5.75 Å². The Balaban J connectivity index is 2.02. The number of benzene rings is 1. The van der Waals surface area contributed by atoms with Crippen molar-refractivity contribution < 1.29 is 14.3 Å². The minimum Gasteiger partial charge on any atom is -0.497 e. The van der Waals surface area contributed by atoms with Gasteiger partial charge >= 0.3 is 6.09 Å². The van der Waals surface area contributed by atoms with Gasteiger partial charge in [-0.2, -0.15) is 4.98 Å². The van der Waals surface area contributed by atoms with Crippen molar-refractivity contribution in [1.82, 2.24) is 14.9 Å². The Bertz CT molecular complexity index is 914. The monoisotopic (exact) mass is 430 g/mol. The minimum atomic E-state index is -0.789. The maximum absolute atomic E-state index is 11.2. The van der Waals surface area contributed by atoms with E-state index in [1.165, 1.54) is 0 Å². The van der Waals surface area contributed by atoms with Gasteiger partial charge in [-0.05, 0) is 37.6 Å². The summed E-state index contributed by atoms with van der Waals surface area (Å²) in [5.41, 5.74) is 5.80.